The highest BCUT2D eigenvalue weighted by Crippen LogP contribution is 2.57. The van der Waals surface area contributed by atoms with Crippen LogP contribution in [0.5, 0.6) is 0 Å². The van der Waals surface area contributed by atoms with E-state index in [1.807, 2.05) is 20.8 Å². The van der Waals surface area contributed by atoms with Gasteiger partial charge < -0.3 is 0 Å². The van der Waals surface area contributed by atoms with Gasteiger partial charge in [0, 0.05) is 5.41 Å². The topological polar surface area (TPSA) is 0 Å². The largest absolute Gasteiger partial charge is 0.399 e. The average molecular weight is 382 g/mol. The fraction of sp³-hybridized carbons (Fsp3) is 0.565. The minimum absolute atomic E-state index is 0.311. The molecule has 1 aliphatic rings. The third kappa shape index (κ3) is 4.00. The molecule has 0 nitrogen and oxygen atoms in total. The molecule has 0 heterocycles. The van der Waals surface area contributed by atoms with Crippen molar-refractivity contribution in [2.75, 3.05) is 0 Å². The molecule has 0 fully saturated rings. The number of halogens is 4. The summed E-state index contributed by atoms with van der Waals surface area (Å²) >= 11 is 0. The Morgan fingerprint density at radius 2 is 1.56 bits per heavy atom. The lowest BCUT2D eigenvalue weighted by Gasteiger charge is -2.45. The molecule has 2 atom stereocenters. The maximum absolute atomic E-state index is 15.5. The van der Waals surface area contributed by atoms with Crippen molar-refractivity contribution in [2.45, 2.75) is 77.8 Å². The van der Waals surface area contributed by atoms with E-state index in [1.165, 1.54) is 0 Å². The van der Waals surface area contributed by atoms with Crippen LogP contribution in [0.25, 0.3) is 0 Å². The molecule has 1 aliphatic carbocycles. The molecule has 0 N–H and O–H groups in total. The molecule has 0 saturated heterocycles. The number of allylic oxidation sites excluding steroid dienone is 4. The summed E-state index contributed by atoms with van der Waals surface area (Å²) in [5, 5.41) is 0. The molecule has 4 heteroatoms. The van der Waals surface area contributed by atoms with Gasteiger partial charge in [-0.3, -0.25) is 0 Å². The van der Waals surface area contributed by atoms with Crippen molar-refractivity contribution in [2.24, 2.45) is 5.92 Å². The Hall–Kier alpha value is -1.58. The number of alkyl halides is 3. The van der Waals surface area contributed by atoms with Crippen LogP contribution in [0.15, 0.2) is 52.9 Å². The van der Waals surface area contributed by atoms with E-state index in [0.717, 1.165) is 24.0 Å². The van der Waals surface area contributed by atoms with Crippen molar-refractivity contribution < 1.29 is 17.6 Å². The van der Waals surface area contributed by atoms with Crippen molar-refractivity contribution in [3.05, 3.63) is 58.4 Å². The molecule has 0 aromatic heterocycles. The minimum Gasteiger partial charge on any atom is -0.211 e. The Kier molecular flexibility index (Phi) is 6.93. The van der Waals surface area contributed by atoms with E-state index in [4.69, 9.17) is 0 Å². The Morgan fingerprint density at radius 3 is 2.04 bits per heavy atom. The first-order valence-corrected chi connectivity index (χ1v) is 9.96. The first-order chi connectivity index (χ1) is 12.7. The highest BCUT2D eigenvalue weighted by Gasteiger charge is 2.58. The van der Waals surface area contributed by atoms with Gasteiger partial charge in [-0.1, -0.05) is 76.4 Å². The number of benzene rings is 1. The van der Waals surface area contributed by atoms with Gasteiger partial charge in [-0.05, 0) is 42.4 Å². The van der Waals surface area contributed by atoms with Crippen molar-refractivity contribution in [1.82, 2.24) is 0 Å². The second-order valence-corrected chi connectivity index (χ2v) is 7.53. The zero-order chi connectivity index (χ0) is 20.2. The van der Waals surface area contributed by atoms with Crippen LogP contribution in [0.2, 0.25) is 0 Å². The van der Waals surface area contributed by atoms with Gasteiger partial charge in [-0.15, -0.1) is 0 Å². The molecule has 27 heavy (non-hydrogen) atoms. The van der Waals surface area contributed by atoms with E-state index >= 15 is 4.39 Å². The Labute approximate surface area is 160 Å². The summed E-state index contributed by atoms with van der Waals surface area (Å²) in [5.41, 5.74) is 0.982. The lowest BCUT2D eigenvalue weighted by molar-refractivity contribution is -0.183. The third-order valence-electron chi connectivity index (χ3n) is 5.81. The predicted octanol–water partition coefficient (Wildman–Crippen LogP) is 8.06. The lowest BCUT2D eigenvalue weighted by atomic mass is 9.59. The SMILES string of the molecule is CCCCC1=C(F)C(C(F)(F)F)C(C)(c2ccccc2)C(CC)=C1CCC. The Balaban J connectivity index is 2.82. The van der Waals surface area contributed by atoms with Crippen molar-refractivity contribution in [3.63, 3.8) is 0 Å². The van der Waals surface area contributed by atoms with Gasteiger partial charge in [0.25, 0.3) is 0 Å². The van der Waals surface area contributed by atoms with Gasteiger partial charge in [0.2, 0.25) is 0 Å². The molecule has 0 saturated carbocycles. The standard InChI is InChI=1S/C23H30F4/c1-5-8-15-18-17(12-6-2)19(7-3)22(4,16-13-10-9-11-14-16)21(20(18)24)23(25,26)27/h9-11,13-14,21H,5-8,12,15H2,1-4H3. The molecule has 0 aliphatic heterocycles. The summed E-state index contributed by atoms with van der Waals surface area (Å²) in [6.07, 6.45) is -0.880. The molecule has 1 aromatic rings. The highest BCUT2D eigenvalue weighted by atomic mass is 19.4. The Morgan fingerprint density at radius 1 is 0.926 bits per heavy atom. The van der Waals surface area contributed by atoms with Crippen LogP contribution in [0, 0.1) is 5.92 Å². The first kappa shape index (κ1) is 21.7. The maximum atomic E-state index is 15.5. The normalized spacial score (nSPS) is 23.9. The van der Waals surface area contributed by atoms with E-state index in [2.05, 4.69) is 0 Å². The van der Waals surface area contributed by atoms with E-state index in [0.29, 0.717) is 36.8 Å². The highest BCUT2D eigenvalue weighted by molar-refractivity contribution is 5.53. The van der Waals surface area contributed by atoms with Gasteiger partial charge in [0.05, 0.1) is 0 Å². The summed E-state index contributed by atoms with van der Waals surface area (Å²) < 4.78 is 58.1. The molecule has 2 unspecified atom stereocenters. The molecular weight excluding hydrogens is 352 g/mol. The predicted molar refractivity (Wildman–Crippen MR) is 103 cm³/mol. The summed E-state index contributed by atoms with van der Waals surface area (Å²) in [7, 11) is 0. The zero-order valence-corrected chi connectivity index (χ0v) is 16.7. The van der Waals surface area contributed by atoms with Crippen LogP contribution >= 0.6 is 0 Å². The van der Waals surface area contributed by atoms with Crippen LogP contribution in [-0.4, -0.2) is 6.18 Å². The molecule has 0 radical (unpaired) electrons. The molecule has 1 aromatic carbocycles. The first-order valence-electron chi connectivity index (χ1n) is 9.96. The zero-order valence-electron chi connectivity index (χ0n) is 16.7. The van der Waals surface area contributed by atoms with Crippen molar-refractivity contribution in [3.8, 4) is 0 Å². The fourth-order valence-corrected chi connectivity index (χ4v) is 4.59. The van der Waals surface area contributed by atoms with E-state index in [1.54, 1.807) is 37.3 Å². The molecule has 0 spiro atoms. The van der Waals surface area contributed by atoms with Crippen LogP contribution in [0.4, 0.5) is 17.6 Å². The van der Waals surface area contributed by atoms with E-state index < -0.39 is 23.3 Å². The number of unbranched alkanes of at least 4 members (excludes halogenated alkanes) is 1. The van der Waals surface area contributed by atoms with Crippen molar-refractivity contribution in [1.29, 1.82) is 0 Å². The Bertz CT molecular complexity index is 697. The summed E-state index contributed by atoms with van der Waals surface area (Å²) in [5.74, 6) is -3.10. The number of rotatable bonds is 7. The smallest absolute Gasteiger partial charge is 0.211 e. The van der Waals surface area contributed by atoms with Crippen LogP contribution < -0.4 is 0 Å². The summed E-state index contributed by atoms with van der Waals surface area (Å²) in [6, 6.07) is 8.63. The van der Waals surface area contributed by atoms with E-state index in [9.17, 15) is 13.2 Å². The van der Waals surface area contributed by atoms with Crippen molar-refractivity contribution >= 4 is 0 Å². The number of hydrogen-bond acceptors (Lipinski definition) is 0. The second kappa shape index (κ2) is 8.62. The van der Waals surface area contributed by atoms with Crippen LogP contribution in [0.3, 0.4) is 0 Å². The third-order valence-corrected chi connectivity index (χ3v) is 5.81. The van der Waals surface area contributed by atoms with Crippen LogP contribution in [-0.2, 0) is 5.41 Å². The second-order valence-electron chi connectivity index (χ2n) is 7.53. The fourth-order valence-electron chi connectivity index (χ4n) is 4.59. The van der Waals surface area contributed by atoms with Gasteiger partial charge in [0.1, 0.15) is 11.7 Å². The average Bonchev–Trinajstić information content (AvgIpc) is 2.61. The van der Waals surface area contributed by atoms with Gasteiger partial charge in [-0.25, -0.2) is 4.39 Å². The van der Waals surface area contributed by atoms with Gasteiger partial charge in [-0.2, -0.15) is 13.2 Å². The minimum atomic E-state index is -4.65. The van der Waals surface area contributed by atoms with Gasteiger partial charge in [0.15, 0.2) is 0 Å². The quantitative estimate of drug-likeness (QED) is 0.418. The molecule has 0 amide bonds. The van der Waals surface area contributed by atoms with E-state index in [-0.39, 0.29) is 0 Å². The van der Waals surface area contributed by atoms with Crippen LogP contribution in [0.1, 0.15) is 71.8 Å². The molecular formula is C23H30F4. The summed E-state index contributed by atoms with van der Waals surface area (Å²) in [4.78, 5) is 0. The lowest BCUT2D eigenvalue weighted by Crippen LogP contribution is -2.46. The van der Waals surface area contributed by atoms with Gasteiger partial charge >= 0.3 is 6.18 Å². The monoisotopic (exact) mass is 382 g/mol. The maximum Gasteiger partial charge on any atom is 0.399 e. The molecule has 150 valence electrons. The molecule has 2 rings (SSSR count). The molecule has 0 bridgehead atoms. The number of hydrogen-bond donors (Lipinski definition) is 0. The summed E-state index contributed by atoms with van der Waals surface area (Å²) in [6.45, 7) is 7.43.